The number of carbonyl (C=O) groups excluding carboxylic acids is 1. The van der Waals surface area contributed by atoms with E-state index in [1.54, 1.807) is 24.5 Å². The van der Waals surface area contributed by atoms with E-state index in [4.69, 9.17) is 8.83 Å². The summed E-state index contributed by atoms with van der Waals surface area (Å²) in [6.07, 6.45) is 2.67. The molecule has 0 spiro atoms. The summed E-state index contributed by atoms with van der Waals surface area (Å²) < 4.78 is 13.3. The van der Waals surface area contributed by atoms with E-state index >= 15 is 0 Å². The number of amides is 1. The summed E-state index contributed by atoms with van der Waals surface area (Å²) in [7, 11) is 0. The largest absolute Gasteiger partial charge is 0.464 e. The van der Waals surface area contributed by atoms with Gasteiger partial charge in [-0.1, -0.05) is 36.4 Å². The average Bonchev–Trinajstić information content (AvgIpc) is 3.34. The van der Waals surface area contributed by atoms with Crippen molar-refractivity contribution in [3.8, 4) is 11.1 Å². The Morgan fingerprint density at radius 1 is 0.947 bits per heavy atom. The first-order valence-corrected chi connectivity index (χ1v) is 13.0. The van der Waals surface area contributed by atoms with Gasteiger partial charge < -0.3 is 18.3 Å². The summed E-state index contributed by atoms with van der Waals surface area (Å²) in [5.74, 6) is 0.265. The number of hydrogen-bond acceptors (Lipinski definition) is 5. The Kier molecular flexibility index (Phi) is 5.15. The molecular formula is C31H26N2O5. The normalized spacial score (nSPS) is 18.6. The number of pyridine rings is 1. The first-order valence-electron chi connectivity index (χ1n) is 13.0. The van der Waals surface area contributed by atoms with Gasteiger partial charge in [0.2, 0.25) is 5.91 Å². The van der Waals surface area contributed by atoms with E-state index in [0.717, 1.165) is 39.6 Å². The summed E-state index contributed by atoms with van der Waals surface area (Å²) in [4.78, 5) is 40.7. The Labute approximate surface area is 217 Å². The zero-order valence-electron chi connectivity index (χ0n) is 21.0. The lowest BCUT2D eigenvalue weighted by Gasteiger charge is -2.42. The van der Waals surface area contributed by atoms with E-state index in [2.05, 4.69) is 0 Å². The number of likely N-dealkylation sites (tertiary alicyclic amines) is 1. The molecule has 1 saturated heterocycles. The van der Waals surface area contributed by atoms with E-state index in [-0.39, 0.29) is 29.7 Å². The minimum absolute atomic E-state index is 0.0138. The van der Waals surface area contributed by atoms with Crippen molar-refractivity contribution in [2.75, 3.05) is 13.1 Å². The molecule has 7 rings (SSSR count). The Bertz CT molecular complexity index is 1850. The van der Waals surface area contributed by atoms with Crippen LogP contribution in [0, 0.1) is 12.8 Å². The van der Waals surface area contributed by atoms with Crippen LogP contribution in [-0.4, -0.2) is 28.5 Å². The van der Waals surface area contributed by atoms with Gasteiger partial charge in [-0.2, -0.15) is 0 Å². The number of furan rings is 1. The lowest BCUT2D eigenvalue weighted by Crippen LogP contribution is -2.49. The highest BCUT2D eigenvalue weighted by atomic mass is 16.4. The van der Waals surface area contributed by atoms with Gasteiger partial charge in [0.15, 0.2) is 0 Å². The monoisotopic (exact) mass is 506 g/mol. The van der Waals surface area contributed by atoms with Gasteiger partial charge >= 0.3 is 5.63 Å². The highest BCUT2D eigenvalue weighted by molar-refractivity contribution is 6.02. The molecule has 38 heavy (non-hydrogen) atoms. The fourth-order valence-corrected chi connectivity index (χ4v) is 6.32. The Morgan fingerprint density at radius 3 is 2.63 bits per heavy atom. The van der Waals surface area contributed by atoms with Crippen LogP contribution in [-0.2, 0) is 17.8 Å². The van der Waals surface area contributed by atoms with Crippen molar-refractivity contribution in [3.63, 3.8) is 0 Å². The molecule has 1 fully saturated rings. The van der Waals surface area contributed by atoms with Gasteiger partial charge in [0.05, 0.1) is 18.2 Å². The molecular weight excluding hydrogens is 480 g/mol. The molecule has 190 valence electrons. The molecule has 7 heteroatoms. The molecule has 7 nitrogen and oxygen atoms in total. The molecule has 5 aromatic rings. The Hall–Kier alpha value is -4.39. The zero-order chi connectivity index (χ0) is 26.0. The van der Waals surface area contributed by atoms with Crippen LogP contribution < -0.4 is 11.2 Å². The smallest absolute Gasteiger partial charge is 0.340 e. The lowest BCUT2D eigenvalue weighted by atomic mass is 9.83. The molecule has 1 amide bonds. The second-order valence-electron chi connectivity index (χ2n) is 10.5. The summed E-state index contributed by atoms with van der Waals surface area (Å²) in [5.41, 5.74) is 4.74. The highest BCUT2D eigenvalue weighted by Crippen LogP contribution is 2.36. The predicted molar refractivity (Wildman–Crippen MR) is 144 cm³/mol. The number of carbonyl (C=O) groups is 1. The standard InChI is InChI=1S/C31H26N2O5/c1-18-22-11-24-25(20-6-3-2-4-7-20)17-37-27(24)13-28(22)38-31(36)23(18)12-30(35)32-14-19-10-21(16-32)26-8-5-9-29(34)33(26)15-19/h2-9,11,13,17,19,21H,10,12,14-16H2,1H3/t19?,21-/m0/s1. The lowest BCUT2D eigenvalue weighted by molar-refractivity contribution is -0.133. The van der Waals surface area contributed by atoms with Crippen molar-refractivity contribution in [2.24, 2.45) is 5.92 Å². The van der Waals surface area contributed by atoms with Crippen LogP contribution in [0.25, 0.3) is 33.1 Å². The maximum absolute atomic E-state index is 13.5. The SMILES string of the molecule is Cc1c(CC(=O)N2CC3C[C@@H](C2)c2cccc(=O)n2C3)c(=O)oc2cc3occ(-c4ccccc4)c3cc12. The molecule has 0 aliphatic carbocycles. The van der Waals surface area contributed by atoms with Crippen LogP contribution >= 0.6 is 0 Å². The van der Waals surface area contributed by atoms with Crippen molar-refractivity contribution >= 4 is 27.8 Å². The summed E-state index contributed by atoms with van der Waals surface area (Å²) >= 11 is 0. The van der Waals surface area contributed by atoms with Gasteiger partial charge in [0.1, 0.15) is 11.2 Å². The number of aromatic nitrogens is 1. The van der Waals surface area contributed by atoms with Crippen LogP contribution in [0.2, 0.25) is 0 Å². The van der Waals surface area contributed by atoms with Crippen molar-refractivity contribution in [1.29, 1.82) is 0 Å². The van der Waals surface area contributed by atoms with Crippen LogP contribution in [0.4, 0.5) is 0 Å². The molecule has 0 N–H and O–H groups in total. The number of nitrogens with zero attached hydrogens (tertiary/aromatic N) is 2. The minimum Gasteiger partial charge on any atom is -0.464 e. The summed E-state index contributed by atoms with van der Waals surface area (Å²) in [6.45, 7) is 3.64. The molecule has 0 saturated carbocycles. The quantitative estimate of drug-likeness (QED) is 0.326. The summed E-state index contributed by atoms with van der Waals surface area (Å²) in [5, 5.41) is 1.72. The molecule has 1 unspecified atom stereocenters. The first kappa shape index (κ1) is 22.8. The number of rotatable bonds is 3. The van der Waals surface area contributed by atoms with Gasteiger partial charge in [-0.3, -0.25) is 9.59 Å². The molecule has 3 aromatic heterocycles. The van der Waals surface area contributed by atoms with Crippen LogP contribution in [0.5, 0.6) is 0 Å². The molecule has 2 atom stereocenters. The van der Waals surface area contributed by atoms with E-state index < -0.39 is 5.63 Å². The minimum atomic E-state index is -0.494. The number of aryl methyl sites for hydroxylation is 1. The average molecular weight is 507 g/mol. The molecule has 2 aliphatic heterocycles. The van der Waals surface area contributed by atoms with Crippen molar-refractivity contribution in [1.82, 2.24) is 9.47 Å². The van der Waals surface area contributed by atoms with Crippen molar-refractivity contribution < 1.29 is 13.6 Å². The number of hydrogen-bond donors (Lipinski definition) is 0. The van der Waals surface area contributed by atoms with Gasteiger partial charge in [-0.05, 0) is 42.5 Å². The van der Waals surface area contributed by atoms with E-state index in [1.807, 2.05) is 58.9 Å². The number of fused-ring (bicyclic) bond motifs is 6. The maximum atomic E-state index is 13.5. The van der Waals surface area contributed by atoms with Crippen LogP contribution in [0.1, 0.15) is 29.2 Å². The van der Waals surface area contributed by atoms with Gasteiger partial charge in [-0.15, -0.1) is 0 Å². The van der Waals surface area contributed by atoms with Gasteiger partial charge in [0.25, 0.3) is 5.56 Å². The maximum Gasteiger partial charge on any atom is 0.340 e. The predicted octanol–water partition coefficient (Wildman–Crippen LogP) is 4.86. The van der Waals surface area contributed by atoms with Gasteiger partial charge in [-0.25, -0.2) is 4.79 Å². The third-order valence-corrected chi connectivity index (χ3v) is 8.23. The van der Waals surface area contributed by atoms with Crippen LogP contribution in [0.15, 0.2) is 85.4 Å². The highest BCUT2D eigenvalue weighted by Gasteiger charge is 2.36. The molecule has 2 bridgehead atoms. The third kappa shape index (κ3) is 3.61. The van der Waals surface area contributed by atoms with E-state index in [1.165, 1.54) is 0 Å². The zero-order valence-corrected chi connectivity index (χ0v) is 21.0. The Morgan fingerprint density at radius 2 is 1.79 bits per heavy atom. The van der Waals surface area contributed by atoms with Crippen molar-refractivity contribution in [3.05, 3.63) is 105 Å². The first-order chi connectivity index (χ1) is 18.5. The Balaban J connectivity index is 1.22. The number of benzene rings is 2. The summed E-state index contributed by atoms with van der Waals surface area (Å²) in [6, 6.07) is 19.1. The van der Waals surface area contributed by atoms with Crippen LogP contribution in [0.3, 0.4) is 0 Å². The fourth-order valence-electron chi connectivity index (χ4n) is 6.32. The van der Waals surface area contributed by atoms with Crippen molar-refractivity contribution in [2.45, 2.75) is 32.2 Å². The topological polar surface area (TPSA) is 85.7 Å². The second-order valence-corrected chi connectivity index (χ2v) is 10.5. The van der Waals surface area contributed by atoms with Gasteiger partial charge in [0, 0.05) is 59.7 Å². The fraction of sp³-hybridized carbons (Fsp3) is 0.258. The third-order valence-electron chi connectivity index (χ3n) is 8.23. The van der Waals surface area contributed by atoms with E-state index in [9.17, 15) is 14.4 Å². The van der Waals surface area contributed by atoms with E-state index in [0.29, 0.717) is 36.4 Å². The molecule has 5 heterocycles. The molecule has 0 radical (unpaired) electrons. The number of piperidine rings is 1. The second kappa shape index (κ2) is 8.58. The molecule has 2 aromatic carbocycles. The molecule has 2 aliphatic rings.